The van der Waals surface area contributed by atoms with Gasteiger partial charge >= 0.3 is 0 Å². The van der Waals surface area contributed by atoms with E-state index in [2.05, 4.69) is 26.3 Å². The van der Waals surface area contributed by atoms with E-state index in [1.165, 1.54) is 25.3 Å². The minimum Gasteiger partial charge on any atom is -0.493 e. The second-order valence-corrected chi connectivity index (χ2v) is 7.18. The highest BCUT2D eigenvalue weighted by molar-refractivity contribution is 9.10. The number of hydrogen-bond acceptors (Lipinski definition) is 6. The highest BCUT2D eigenvalue weighted by Crippen LogP contribution is 2.34. The number of rotatable bonds is 8. The van der Waals surface area contributed by atoms with Crippen molar-refractivity contribution in [3.63, 3.8) is 0 Å². The van der Waals surface area contributed by atoms with Gasteiger partial charge in [-0.1, -0.05) is 12.1 Å². The first-order valence-corrected chi connectivity index (χ1v) is 9.75. The number of ether oxygens (including phenoxy) is 2. The zero-order chi connectivity index (χ0) is 21.7. The Hall–Kier alpha value is -3.40. The topological polar surface area (TPSA) is 109 Å². The molecule has 0 bridgehead atoms. The van der Waals surface area contributed by atoms with Crippen LogP contribution in [0.5, 0.6) is 17.2 Å². The summed E-state index contributed by atoms with van der Waals surface area (Å²) in [7, 11) is 1.50. The molecule has 0 radical (unpaired) electrons. The minimum atomic E-state index is -0.546. The molecule has 3 rings (SSSR count). The van der Waals surface area contributed by atoms with Crippen LogP contribution in [-0.4, -0.2) is 27.7 Å². The van der Waals surface area contributed by atoms with Gasteiger partial charge in [0.25, 0.3) is 5.69 Å². The van der Waals surface area contributed by atoms with Crippen LogP contribution in [0.3, 0.4) is 0 Å². The second kappa shape index (κ2) is 9.40. The normalized spacial score (nSPS) is 10.5. The molecular formula is C20H19BrN4O5. The molecule has 0 saturated carbocycles. The van der Waals surface area contributed by atoms with Crippen molar-refractivity contribution in [1.29, 1.82) is 0 Å². The highest BCUT2D eigenvalue weighted by Gasteiger charge is 2.15. The smallest absolute Gasteiger partial charge is 0.275 e. The largest absolute Gasteiger partial charge is 0.493 e. The molecule has 0 saturated heterocycles. The van der Waals surface area contributed by atoms with Crippen LogP contribution in [0, 0.1) is 17.0 Å². The van der Waals surface area contributed by atoms with Crippen molar-refractivity contribution >= 4 is 33.2 Å². The van der Waals surface area contributed by atoms with Crippen molar-refractivity contribution in [1.82, 2.24) is 9.78 Å². The third-order valence-electron chi connectivity index (χ3n) is 4.28. The number of aromatic nitrogens is 2. The van der Waals surface area contributed by atoms with E-state index < -0.39 is 4.92 Å². The molecule has 1 aromatic heterocycles. The molecule has 1 heterocycles. The van der Waals surface area contributed by atoms with Gasteiger partial charge in [0.05, 0.1) is 41.0 Å². The van der Waals surface area contributed by atoms with Gasteiger partial charge in [0.1, 0.15) is 5.75 Å². The van der Waals surface area contributed by atoms with Gasteiger partial charge in [-0.15, -0.1) is 0 Å². The van der Waals surface area contributed by atoms with Crippen molar-refractivity contribution in [3.8, 4) is 17.2 Å². The first-order chi connectivity index (χ1) is 14.4. The third-order valence-corrected chi connectivity index (χ3v) is 5.06. The summed E-state index contributed by atoms with van der Waals surface area (Å²) in [6, 6.07) is 11.0. The van der Waals surface area contributed by atoms with Crippen LogP contribution < -0.4 is 14.8 Å². The molecule has 0 unspecified atom stereocenters. The molecule has 0 aliphatic rings. The van der Waals surface area contributed by atoms with Gasteiger partial charge in [0.15, 0.2) is 11.5 Å². The Balaban J connectivity index is 1.76. The average molecular weight is 475 g/mol. The summed E-state index contributed by atoms with van der Waals surface area (Å²) < 4.78 is 13.6. The summed E-state index contributed by atoms with van der Waals surface area (Å²) in [5.74, 6) is 0.786. The Morgan fingerprint density at radius 3 is 2.63 bits per heavy atom. The predicted molar refractivity (Wildman–Crippen MR) is 114 cm³/mol. The number of nitrogens with zero attached hydrogens (tertiary/aromatic N) is 3. The molecule has 2 aromatic carbocycles. The van der Waals surface area contributed by atoms with E-state index in [1.54, 1.807) is 35.1 Å². The molecule has 9 nitrogen and oxygen atoms in total. The number of nitro groups is 1. The van der Waals surface area contributed by atoms with Crippen LogP contribution >= 0.6 is 15.9 Å². The lowest BCUT2D eigenvalue weighted by atomic mass is 10.2. The van der Waals surface area contributed by atoms with Gasteiger partial charge in [-0.2, -0.15) is 5.10 Å². The van der Waals surface area contributed by atoms with Crippen molar-refractivity contribution in [3.05, 3.63) is 68.9 Å². The van der Waals surface area contributed by atoms with Gasteiger partial charge < -0.3 is 14.8 Å². The van der Waals surface area contributed by atoms with Crippen LogP contribution in [0.25, 0.3) is 0 Å². The standard InChI is InChI=1S/C20H19BrN4O5/c1-13-17(21)12-22-24(13)8-7-20(26)23-14-9-15(25(27)28)11-16(10-14)30-19-6-4-3-5-18(19)29-2/h3-6,9-12H,7-8H2,1-2H3,(H,23,26). The minimum absolute atomic E-state index is 0.153. The first kappa shape index (κ1) is 21.3. The van der Waals surface area contributed by atoms with Crippen molar-refractivity contribution in [2.24, 2.45) is 0 Å². The number of benzene rings is 2. The fourth-order valence-electron chi connectivity index (χ4n) is 2.73. The molecule has 3 aromatic rings. The lowest BCUT2D eigenvalue weighted by Crippen LogP contribution is -2.15. The number of para-hydroxylation sites is 2. The number of nitrogens with one attached hydrogen (secondary N) is 1. The molecule has 0 aliphatic heterocycles. The molecule has 0 spiro atoms. The monoisotopic (exact) mass is 474 g/mol. The summed E-state index contributed by atoms with van der Waals surface area (Å²) in [5.41, 5.74) is 0.965. The fraction of sp³-hybridized carbons (Fsp3) is 0.200. The number of non-ortho nitro benzene ring substituents is 1. The SMILES string of the molecule is COc1ccccc1Oc1cc(NC(=O)CCn2ncc(Br)c2C)cc([N+](=O)[O-])c1. The number of nitro benzene ring substituents is 1. The average Bonchev–Trinajstić information content (AvgIpc) is 3.04. The van der Waals surface area contributed by atoms with Gasteiger partial charge in [0, 0.05) is 24.2 Å². The van der Waals surface area contributed by atoms with E-state index in [0.29, 0.717) is 18.0 Å². The molecule has 0 aliphatic carbocycles. The van der Waals surface area contributed by atoms with Crippen LogP contribution in [0.1, 0.15) is 12.1 Å². The van der Waals surface area contributed by atoms with Crippen LogP contribution in [0.4, 0.5) is 11.4 Å². The number of halogens is 1. The molecule has 0 atom stereocenters. The number of anilines is 1. The first-order valence-electron chi connectivity index (χ1n) is 8.95. The molecule has 1 N–H and O–H groups in total. The predicted octanol–water partition coefficient (Wildman–Crippen LogP) is 4.69. The quantitative estimate of drug-likeness (QED) is 0.374. The van der Waals surface area contributed by atoms with Crippen LogP contribution in [0.2, 0.25) is 0 Å². The Bertz CT molecular complexity index is 1080. The number of amides is 1. The summed E-state index contributed by atoms with van der Waals surface area (Å²) in [5, 5.41) is 18.2. The number of carbonyl (C=O) groups excluding carboxylic acids is 1. The van der Waals surface area contributed by atoms with Gasteiger partial charge in [0.2, 0.25) is 5.91 Å². The van der Waals surface area contributed by atoms with E-state index in [-0.39, 0.29) is 29.5 Å². The Kier molecular flexibility index (Phi) is 6.68. The van der Waals surface area contributed by atoms with Crippen molar-refractivity contribution in [2.45, 2.75) is 19.9 Å². The second-order valence-electron chi connectivity index (χ2n) is 6.32. The Morgan fingerprint density at radius 2 is 2.00 bits per heavy atom. The maximum atomic E-state index is 12.4. The molecular weight excluding hydrogens is 456 g/mol. The maximum Gasteiger partial charge on any atom is 0.275 e. The van der Waals surface area contributed by atoms with Gasteiger partial charge in [-0.25, -0.2) is 0 Å². The van der Waals surface area contributed by atoms with Crippen LogP contribution in [0.15, 0.2) is 53.1 Å². The number of hydrogen-bond donors (Lipinski definition) is 1. The zero-order valence-corrected chi connectivity index (χ0v) is 17.9. The van der Waals surface area contributed by atoms with Crippen molar-refractivity contribution in [2.75, 3.05) is 12.4 Å². The molecule has 10 heteroatoms. The van der Waals surface area contributed by atoms with E-state index in [0.717, 1.165) is 10.2 Å². The summed E-state index contributed by atoms with van der Waals surface area (Å²) in [4.78, 5) is 23.1. The summed E-state index contributed by atoms with van der Waals surface area (Å²) in [6.45, 7) is 2.26. The summed E-state index contributed by atoms with van der Waals surface area (Å²) >= 11 is 3.37. The number of methoxy groups -OCH3 is 1. The fourth-order valence-corrected chi connectivity index (χ4v) is 3.03. The Morgan fingerprint density at radius 1 is 1.27 bits per heavy atom. The Labute approximate surface area is 180 Å². The molecule has 156 valence electrons. The number of aryl methyl sites for hydroxylation is 1. The van der Waals surface area contributed by atoms with E-state index in [4.69, 9.17) is 9.47 Å². The molecule has 0 fully saturated rings. The lowest BCUT2D eigenvalue weighted by Gasteiger charge is -2.12. The van der Waals surface area contributed by atoms with E-state index >= 15 is 0 Å². The van der Waals surface area contributed by atoms with Crippen molar-refractivity contribution < 1.29 is 19.2 Å². The van der Waals surface area contributed by atoms with Crippen LogP contribution in [-0.2, 0) is 11.3 Å². The van der Waals surface area contributed by atoms with E-state index in [1.807, 2.05) is 6.92 Å². The maximum absolute atomic E-state index is 12.4. The highest BCUT2D eigenvalue weighted by atomic mass is 79.9. The molecule has 1 amide bonds. The lowest BCUT2D eigenvalue weighted by molar-refractivity contribution is -0.384. The molecule has 30 heavy (non-hydrogen) atoms. The summed E-state index contributed by atoms with van der Waals surface area (Å²) in [6.07, 6.45) is 1.82. The third kappa shape index (κ3) is 5.15. The van der Waals surface area contributed by atoms with Gasteiger partial charge in [-0.3, -0.25) is 19.6 Å². The zero-order valence-electron chi connectivity index (χ0n) is 16.3. The van der Waals surface area contributed by atoms with Gasteiger partial charge in [-0.05, 0) is 35.0 Å². The number of carbonyl (C=O) groups is 1. The van der Waals surface area contributed by atoms with E-state index in [9.17, 15) is 14.9 Å².